The molecule has 0 aliphatic heterocycles. The van der Waals surface area contributed by atoms with Crippen LogP contribution in [0.3, 0.4) is 0 Å². The van der Waals surface area contributed by atoms with Gasteiger partial charge in [0.2, 0.25) is 0 Å². The molecule has 0 saturated heterocycles. The molecule has 0 unspecified atom stereocenters. The van der Waals surface area contributed by atoms with Gasteiger partial charge in [0.15, 0.2) is 0 Å². The molecule has 1 N–H and O–H groups in total. The van der Waals surface area contributed by atoms with Crippen molar-refractivity contribution in [3.63, 3.8) is 0 Å². The molecule has 0 aliphatic rings. The second kappa shape index (κ2) is 3.06. The molecule has 0 aromatic carbocycles. The highest BCUT2D eigenvalue weighted by Crippen LogP contribution is 1.95. The Balaban J connectivity index is 2.59. The lowest BCUT2D eigenvalue weighted by atomic mass is 10.4. The van der Waals surface area contributed by atoms with Crippen LogP contribution in [-0.2, 0) is 4.74 Å². The Bertz CT molecular complexity index is 203. The van der Waals surface area contributed by atoms with Crippen LogP contribution in [0.25, 0.3) is 0 Å². The minimum absolute atomic E-state index is 0.354. The molecule has 0 spiro atoms. The zero-order chi connectivity index (χ0) is 7.40. The van der Waals surface area contributed by atoms with Crippen LogP contribution in [0.2, 0.25) is 0 Å². The lowest BCUT2D eigenvalue weighted by Gasteiger charge is -1.95. The van der Waals surface area contributed by atoms with Gasteiger partial charge in [0.05, 0.1) is 6.61 Å². The maximum Gasteiger partial charge on any atom is 0.355 e. The van der Waals surface area contributed by atoms with Crippen molar-refractivity contribution in [2.75, 3.05) is 6.61 Å². The van der Waals surface area contributed by atoms with Gasteiger partial charge < -0.3 is 9.72 Å². The van der Waals surface area contributed by atoms with E-state index in [4.69, 9.17) is 0 Å². The summed E-state index contributed by atoms with van der Waals surface area (Å²) in [5.41, 5.74) is 0.377. The summed E-state index contributed by atoms with van der Waals surface area (Å²) in [5, 5.41) is 0. The Morgan fingerprint density at radius 2 is 2.70 bits per heavy atom. The molecule has 1 heterocycles. The number of aromatic nitrogens is 1. The second-order valence-corrected chi connectivity index (χ2v) is 1.72. The molecule has 10 heavy (non-hydrogen) atoms. The number of carbonyl (C=O) groups excluding carboxylic acids is 1. The number of H-pyrrole nitrogens is 1. The Kier molecular flexibility index (Phi) is 2.10. The van der Waals surface area contributed by atoms with Gasteiger partial charge in [-0.15, -0.1) is 0 Å². The molecule has 1 radical (unpaired) electrons. The monoisotopic (exact) mass is 138 g/mol. The quantitative estimate of drug-likeness (QED) is 0.619. The normalized spacial score (nSPS) is 9.30. The van der Waals surface area contributed by atoms with Crippen LogP contribution in [-0.4, -0.2) is 17.6 Å². The predicted molar refractivity (Wildman–Crippen MR) is 35.6 cm³/mol. The summed E-state index contributed by atoms with van der Waals surface area (Å²) < 4.78 is 4.68. The van der Waals surface area contributed by atoms with Crippen LogP contribution in [0.1, 0.15) is 17.4 Å². The summed E-state index contributed by atoms with van der Waals surface area (Å²) in [4.78, 5) is 13.5. The molecule has 3 heteroatoms. The first-order valence-electron chi connectivity index (χ1n) is 3.06. The number of esters is 1. The van der Waals surface area contributed by atoms with Crippen molar-refractivity contribution in [1.82, 2.24) is 4.98 Å². The fourth-order valence-corrected chi connectivity index (χ4v) is 0.613. The number of rotatable bonds is 2. The smallest absolute Gasteiger partial charge is 0.355 e. The van der Waals surface area contributed by atoms with Crippen LogP contribution in [0.15, 0.2) is 12.3 Å². The number of nitrogens with one attached hydrogen (secondary N) is 1. The van der Waals surface area contributed by atoms with E-state index in [0.29, 0.717) is 12.3 Å². The fourth-order valence-electron chi connectivity index (χ4n) is 0.613. The van der Waals surface area contributed by atoms with Crippen molar-refractivity contribution in [2.24, 2.45) is 0 Å². The Morgan fingerprint density at radius 1 is 1.90 bits per heavy atom. The molecule has 0 fully saturated rings. The molecular weight excluding hydrogens is 130 g/mol. The topological polar surface area (TPSA) is 42.1 Å². The molecule has 0 aliphatic carbocycles. The summed E-state index contributed by atoms with van der Waals surface area (Å²) >= 11 is 0. The van der Waals surface area contributed by atoms with E-state index in [1.165, 1.54) is 0 Å². The first-order chi connectivity index (χ1) is 4.84. The molecule has 1 aromatic rings. The van der Waals surface area contributed by atoms with Crippen molar-refractivity contribution in [3.8, 4) is 0 Å². The van der Waals surface area contributed by atoms with E-state index in [2.05, 4.69) is 15.8 Å². The van der Waals surface area contributed by atoms with Gasteiger partial charge in [-0.1, -0.05) is 0 Å². The number of hydrogen-bond acceptors (Lipinski definition) is 2. The molecule has 1 rings (SSSR count). The van der Waals surface area contributed by atoms with Crippen LogP contribution >= 0.6 is 0 Å². The number of hydrogen-bond donors (Lipinski definition) is 1. The van der Waals surface area contributed by atoms with Gasteiger partial charge in [0, 0.05) is 12.3 Å². The van der Waals surface area contributed by atoms with Gasteiger partial charge >= 0.3 is 5.97 Å². The van der Waals surface area contributed by atoms with Gasteiger partial charge in [0.25, 0.3) is 0 Å². The SMILES string of the molecule is CCOC(=O)c1[c]cc[nH]1. The third-order valence-corrected chi connectivity index (χ3v) is 1.02. The average Bonchev–Trinajstić information content (AvgIpc) is 2.38. The average molecular weight is 138 g/mol. The van der Waals surface area contributed by atoms with Crippen molar-refractivity contribution >= 4 is 5.97 Å². The largest absolute Gasteiger partial charge is 0.461 e. The summed E-state index contributed by atoms with van der Waals surface area (Å²) in [6.07, 6.45) is 1.63. The summed E-state index contributed by atoms with van der Waals surface area (Å²) in [7, 11) is 0. The summed E-state index contributed by atoms with van der Waals surface area (Å²) in [6, 6.07) is 4.32. The zero-order valence-corrected chi connectivity index (χ0v) is 5.68. The van der Waals surface area contributed by atoms with Crippen LogP contribution < -0.4 is 0 Å². The highest BCUT2D eigenvalue weighted by molar-refractivity contribution is 5.86. The van der Waals surface area contributed by atoms with Gasteiger partial charge in [-0.05, 0) is 13.0 Å². The minimum atomic E-state index is -0.354. The van der Waals surface area contributed by atoms with Gasteiger partial charge in [-0.25, -0.2) is 4.79 Å². The van der Waals surface area contributed by atoms with Crippen molar-refractivity contribution in [2.45, 2.75) is 6.92 Å². The maximum atomic E-state index is 10.8. The molecule has 3 nitrogen and oxygen atoms in total. The lowest BCUT2D eigenvalue weighted by molar-refractivity contribution is 0.0520. The van der Waals surface area contributed by atoms with Crippen LogP contribution in [0.5, 0.6) is 0 Å². The standard InChI is InChI=1S/C7H8NO2/c1-2-10-7(9)6-4-3-5-8-6/h3,5,8H,2H2,1H3. The number of aromatic amines is 1. The summed E-state index contributed by atoms with van der Waals surface area (Å²) in [5.74, 6) is -0.354. The lowest BCUT2D eigenvalue weighted by Crippen LogP contribution is -2.04. The predicted octanol–water partition coefficient (Wildman–Crippen LogP) is 0.992. The first-order valence-corrected chi connectivity index (χ1v) is 3.06. The molecule has 0 bridgehead atoms. The molecule has 1 aromatic heterocycles. The Morgan fingerprint density at radius 3 is 3.20 bits per heavy atom. The van der Waals surface area contributed by atoms with Crippen LogP contribution in [0.4, 0.5) is 0 Å². The first kappa shape index (κ1) is 6.86. The van der Waals surface area contributed by atoms with E-state index in [9.17, 15) is 4.79 Å². The van der Waals surface area contributed by atoms with E-state index in [1.807, 2.05) is 0 Å². The number of carbonyl (C=O) groups is 1. The summed E-state index contributed by atoms with van der Waals surface area (Å²) in [6.45, 7) is 2.16. The zero-order valence-electron chi connectivity index (χ0n) is 5.68. The fraction of sp³-hybridized carbons (Fsp3) is 0.286. The highest BCUT2D eigenvalue weighted by Gasteiger charge is 2.04. The van der Waals surface area contributed by atoms with Crippen molar-refractivity contribution < 1.29 is 9.53 Å². The second-order valence-electron chi connectivity index (χ2n) is 1.72. The van der Waals surface area contributed by atoms with E-state index in [1.54, 1.807) is 19.2 Å². The van der Waals surface area contributed by atoms with Gasteiger partial charge in [-0.3, -0.25) is 0 Å². The van der Waals surface area contributed by atoms with E-state index < -0.39 is 0 Å². The van der Waals surface area contributed by atoms with E-state index in [-0.39, 0.29) is 5.97 Å². The molecule has 0 amide bonds. The molecule has 0 saturated carbocycles. The minimum Gasteiger partial charge on any atom is -0.461 e. The third-order valence-electron chi connectivity index (χ3n) is 1.02. The van der Waals surface area contributed by atoms with Gasteiger partial charge in [0.1, 0.15) is 5.69 Å². The third kappa shape index (κ3) is 1.37. The Labute approximate surface area is 59.0 Å². The number of ether oxygens (including phenoxy) is 1. The van der Waals surface area contributed by atoms with Crippen molar-refractivity contribution in [3.05, 3.63) is 24.0 Å². The van der Waals surface area contributed by atoms with E-state index >= 15 is 0 Å². The molecule has 53 valence electrons. The van der Waals surface area contributed by atoms with Gasteiger partial charge in [-0.2, -0.15) is 0 Å². The maximum absolute atomic E-state index is 10.8. The molecule has 0 atom stereocenters. The Hall–Kier alpha value is -1.25. The van der Waals surface area contributed by atoms with Crippen molar-refractivity contribution in [1.29, 1.82) is 0 Å². The van der Waals surface area contributed by atoms with E-state index in [0.717, 1.165) is 0 Å². The van der Waals surface area contributed by atoms with Crippen LogP contribution in [0, 0.1) is 6.07 Å². The molecular formula is C7H8NO2. The highest BCUT2D eigenvalue weighted by atomic mass is 16.5.